The van der Waals surface area contributed by atoms with Gasteiger partial charge in [0.1, 0.15) is 30.0 Å². The highest BCUT2D eigenvalue weighted by Crippen LogP contribution is 2.32. The van der Waals surface area contributed by atoms with Gasteiger partial charge in [-0.1, -0.05) is 18.2 Å². The van der Waals surface area contributed by atoms with Crippen molar-refractivity contribution in [3.05, 3.63) is 48.8 Å². The van der Waals surface area contributed by atoms with Gasteiger partial charge in [-0.2, -0.15) is 0 Å². The van der Waals surface area contributed by atoms with Crippen molar-refractivity contribution in [3.63, 3.8) is 0 Å². The zero-order valence-electron chi connectivity index (χ0n) is 14.2. The number of aromatic nitrogens is 2. The Balaban J connectivity index is 1.58. The number of methoxy groups -OCH3 is 1. The van der Waals surface area contributed by atoms with Crippen LogP contribution in [0.2, 0.25) is 0 Å². The van der Waals surface area contributed by atoms with Crippen LogP contribution in [0.5, 0.6) is 17.2 Å². The van der Waals surface area contributed by atoms with Gasteiger partial charge in [-0.25, -0.2) is 9.97 Å². The summed E-state index contributed by atoms with van der Waals surface area (Å²) >= 11 is 0. The van der Waals surface area contributed by atoms with E-state index < -0.39 is 0 Å². The number of anilines is 1. The molecule has 25 heavy (non-hydrogen) atoms. The fourth-order valence-corrected chi connectivity index (χ4v) is 3.06. The van der Waals surface area contributed by atoms with E-state index in [1.165, 1.54) is 0 Å². The summed E-state index contributed by atoms with van der Waals surface area (Å²) in [6.07, 6.45) is 1.49. The minimum absolute atomic E-state index is 0.0736. The van der Waals surface area contributed by atoms with Gasteiger partial charge in [0.25, 0.3) is 0 Å². The van der Waals surface area contributed by atoms with Crippen molar-refractivity contribution in [1.29, 1.82) is 0 Å². The summed E-state index contributed by atoms with van der Waals surface area (Å²) in [5.74, 6) is 3.15. The van der Waals surface area contributed by atoms with Gasteiger partial charge in [0.05, 0.1) is 13.7 Å². The van der Waals surface area contributed by atoms with Crippen LogP contribution < -0.4 is 19.1 Å². The fraction of sp³-hybridized carbons (Fsp3) is 0.263. The Morgan fingerprint density at radius 1 is 1.12 bits per heavy atom. The molecule has 6 nitrogen and oxygen atoms in total. The van der Waals surface area contributed by atoms with E-state index in [-0.39, 0.29) is 6.10 Å². The Morgan fingerprint density at radius 3 is 2.80 bits per heavy atom. The molecule has 128 valence electrons. The molecule has 0 saturated carbocycles. The first kappa shape index (κ1) is 15.5. The Kier molecular flexibility index (Phi) is 4.01. The average molecular weight is 337 g/mol. The summed E-state index contributed by atoms with van der Waals surface area (Å²) in [4.78, 5) is 10.9. The maximum absolute atomic E-state index is 6.05. The maximum Gasteiger partial charge on any atom is 0.161 e. The minimum Gasteiger partial charge on any atom is -0.494 e. The molecule has 1 unspecified atom stereocenters. The van der Waals surface area contributed by atoms with Crippen LogP contribution in [0.1, 0.15) is 0 Å². The number of hydrogen-bond acceptors (Lipinski definition) is 6. The van der Waals surface area contributed by atoms with Gasteiger partial charge in [0.15, 0.2) is 17.6 Å². The zero-order chi connectivity index (χ0) is 17.2. The van der Waals surface area contributed by atoms with Crippen molar-refractivity contribution in [3.8, 4) is 17.2 Å². The molecule has 0 spiro atoms. The van der Waals surface area contributed by atoms with Gasteiger partial charge in [-0.15, -0.1) is 0 Å². The number of para-hydroxylation sites is 3. The zero-order valence-corrected chi connectivity index (χ0v) is 14.2. The quantitative estimate of drug-likeness (QED) is 0.730. The number of nitrogens with zero attached hydrogens (tertiary/aromatic N) is 3. The lowest BCUT2D eigenvalue weighted by molar-refractivity contribution is 0.0960. The third-order valence-corrected chi connectivity index (χ3v) is 4.23. The molecule has 0 amide bonds. The van der Waals surface area contributed by atoms with Crippen LogP contribution in [0.4, 0.5) is 5.82 Å². The molecule has 3 aromatic rings. The van der Waals surface area contributed by atoms with Crippen LogP contribution in [0.15, 0.2) is 48.8 Å². The third-order valence-electron chi connectivity index (χ3n) is 4.23. The number of rotatable bonds is 4. The van der Waals surface area contributed by atoms with E-state index in [9.17, 15) is 0 Å². The van der Waals surface area contributed by atoms with E-state index >= 15 is 0 Å². The van der Waals surface area contributed by atoms with Crippen molar-refractivity contribution in [2.45, 2.75) is 6.10 Å². The van der Waals surface area contributed by atoms with Crippen LogP contribution in [0.25, 0.3) is 10.9 Å². The molecule has 1 aliphatic rings. The van der Waals surface area contributed by atoms with Gasteiger partial charge in [0.2, 0.25) is 0 Å². The van der Waals surface area contributed by atoms with E-state index in [1.807, 2.05) is 49.5 Å². The topological polar surface area (TPSA) is 56.7 Å². The van der Waals surface area contributed by atoms with Gasteiger partial charge in [0, 0.05) is 12.4 Å². The average Bonchev–Trinajstić information content (AvgIpc) is 2.66. The first-order chi connectivity index (χ1) is 12.3. The highest BCUT2D eigenvalue weighted by molar-refractivity contribution is 5.93. The molecule has 0 aliphatic carbocycles. The lowest BCUT2D eigenvalue weighted by Crippen LogP contribution is -2.39. The standard InChI is InChI=1S/C19H19N3O3/c1-22(10-13-11-24-15-7-3-4-8-16(15)25-13)19-14-6-5-9-17(23-2)18(14)20-12-21-19/h3-9,12-13H,10-11H2,1-2H3. The van der Waals surface area contributed by atoms with Crippen molar-refractivity contribution in [2.75, 3.05) is 32.2 Å². The van der Waals surface area contributed by atoms with Crippen molar-refractivity contribution < 1.29 is 14.2 Å². The second kappa shape index (κ2) is 6.47. The van der Waals surface area contributed by atoms with E-state index in [0.29, 0.717) is 13.2 Å². The predicted molar refractivity (Wildman–Crippen MR) is 95.7 cm³/mol. The Labute approximate surface area is 146 Å². The van der Waals surface area contributed by atoms with E-state index in [2.05, 4.69) is 14.9 Å². The van der Waals surface area contributed by atoms with Gasteiger partial charge in [-0.3, -0.25) is 0 Å². The summed E-state index contributed by atoms with van der Waals surface area (Å²) in [6.45, 7) is 1.16. The van der Waals surface area contributed by atoms with E-state index in [4.69, 9.17) is 14.2 Å². The summed E-state index contributed by atoms with van der Waals surface area (Å²) in [6, 6.07) is 13.6. The molecule has 0 fully saturated rings. The Morgan fingerprint density at radius 2 is 1.96 bits per heavy atom. The summed E-state index contributed by atoms with van der Waals surface area (Å²) in [7, 11) is 3.63. The van der Waals surface area contributed by atoms with Crippen molar-refractivity contribution in [1.82, 2.24) is 9.97 Å². The molecule has 2 aromatic carbocycles. The van der Waals surface area contributed by atoms with Crippen LogP contribution in [-0.4, -0.2) is 43.4 Å². The fourth-order valence-electron chi connectivity index (χ4n) is 3.06. The van der Waals surface area contributed by atoms with E-state index in [0.717, 1.165) is 34.0 Å². The molecule has 1 aliphatic heterocycles. The minimum atomic E-state index is -0.0736. The number of hydrogen-bond donors (Lipinski definition) is 0. The number of likely N-dealkylation sites (N-methyl/N-ethyl adjacent to an activating group) is 1. The van der Waals surface area contributed by atoms with Crippen LogP contribution in [-0.2, 0) is 0 Å². The normalized spacial score (nSPS) is 15.8. The number of fused-ring (bicyclic) bond motifs is 2. The number of ether oxygens (including phenoxy) is 3. The van der Waals surface area contributed by atoms with Gasteiger partial charge < -0.3 is 19.1 Å². The lowest BCUT2D eigenvalue weighted by Gasteiger charge is -2.30. The Bertz CT molecular complexity index is 900. The smallest absolute Gasteiger partial charge is 0.161 e. The van der Waals surface area contributed by atoms with Crippen LogP contribution in [0.3, 0.4) is 0 Å². The highest BCUT2D eigenvalue weighted by atomic mass is 16.6. The molecular formula is C19H19N3O3. The summed E-state index contributed by atoms with van der Waals surface area (Å²) in [5.41, 5.74) is 0.799. The van der Waals surface area contributed by atoms with E-state index in [1.54, 1.807) is 13.4 Å². The molecule has 4 rings (SSSR count). The highest BCUT2D eigenvalue weighted by Gasteiger charge is 2.23. The van der Waals surface area contributed by atoms with Crippen LogP contribution in [0, 0.1) is 0 Å². The largest absolute Gasteiger partial charge is 0.494 e. The molecule has 1 atom stereocenters. The molecule has 0 radical (unpaired) electrons. The second-order valence-corrected chi connectivity index (χ2v) is 5.93. The predicted octanol–water partition coefficient (Wildman–Crippen LogP) is 2.91. The first-order valence-corrected chi connectivity index (χ1v) is 8.13. The third kappa shape index (κ3) is 2.91. The molecule has 2 heterocycles. The lowest BCUT2D eigenvalue weighted by atomic mass is 10.2. The molecule has 0 N–H and O–H groups in total. The summed E-state index contributed by atoms with van der Waals surface area (Å²) in [5, 5.41) is 0.946. The van der Waals surface area contributed by atoms with Gasteiger partial charge >= 0.3 is 0 Å². The molecule has 0 saturated heterocycles. The number of benzene rings is 2. The molecule has 6 heteroatoms. The molecular weight excluding hydrogens is 318 g/mol. The van der Waals surface area contributed by atoms with Crippen LogP contribution >= 0.6 is 0 Å². The first-order valence-electron chi connectivity index (χ1n) is 8.13. The van der Waals surface area contributed by atoms with Crippen molar-refractivity contribution in [2.24, 2.45) is 0 Å². The SMILES string of the molecule is COc1cccc2c(N(C)CC3COc4ccccc4O3)ncnc12. The Hall–Kier alpha value is -3.02. The van der Waals surface area contributed by atoms with Gasteiger partial charge in [-0.05, 0) is 24.3 Å². The summed E-state index contributed by atoms with van der Waals surface area (Å²) < 4.78 is 17.2. The van der Waals surface area contributed by atoms with Crippen molar-refractivity contribution >= 4 is 16.7 Å². The maximum atomic E-state index is 6.05. The monoisotopic (exact) mass is 337 g/mol. The second-order valence-electron chi connectivity index (χ2n) is 5.93. The molecule has 1 aromatic heterocycles. The molecule has 0 bridgehead atoms.